The number of benzene rings is 1. The van der Waals surface area contributed by atoms with Gasteiger partial charge in [0, 0.05) is 48.6 Å². The summed E-state index contributed by atoms with van der Waals surface area (Å²) in [4.78, 5) is 23.0. The topological polar surface area (TPSA) is 63.0 Å². The highest BCUT2D eigenvalue weighted by Gasteiger charge is 2.32. The molecule has 7 nitrogen and oxygen atoms in total. The van der Waals surface area contributed by atoms with Crippen molar-refractivity contribution in [1.29, 1.82) is 0 Å². The minimum Gasteiger partial charge on any atom is -0.496 e. The number of piperidine rings is 1. The molecule has 0 unspecified atom stereocenters. The van der Waals surface area contributed by atoms with Crippen molar-refractivity contribution in [2.24, 2.45) is 5.92 Å². The maximum absolute atomic E-state index is 13.6. The first-order valence-corrected chi connectivity index (χ1v) is 12.0. The van der Waals surface area contributed by atoms with E-state index in [0.717, 1.165) is 72.9 Å². The zero-order chi connectivity index (χ0) is 23.1. The Morgan fingerprint density at radius 1 is 1.15 bits per heavy atom. The van der Waals surface area contributed by atoms with Gasteiger partial charge in [0.1, 0.15) is 11.6 Å². The van der Waals surface area contributed by atoms with Crippen molar-refractivity contribution in [3.8, 4) is 5.75 Å². The zero-order valence-corrected chi connectivity index (χ0v) is 20.0. The van der Waals surface area contributed by atoms with Crippen LogP contribution in [0.15, 0.2) is 30.5 Å². The second-order valence-corrected chi connectivity index (χ2v) is 9.60. The van der Waals surface area contributed by atoms with E-state index < -0.39 is 0 Å². The molecule has 0 spiro atoms. The molecular formula is C26H33N5O2. The standard InChI is InChI=1S/C26H33N5O2/c1-17-11-13-29(15-17)25-18(2)16-31-24(27-25)14-21(28-31)22-9-5-6-12-30(22)26(32)20-8-7-10-23(33-4)19(20)3/h7-8,10,14,16-17,22H,5-6,9,11-13,15H2,1-4H3/t17-,22-/m0/s1. The minimum atomic E-state index is -0.0471. The van der Waals surface area contributed by atoms with Crippen molar-refractivity contribution >= 4 is 17.4 Å². The minimum absolute atomic E-state index is 0.0454. The summed E-state index contributed by atoms with van der Waals surface area (Å²) < 4.78 is 7.32. The summed E-state index contributed by atoms with van der Waals surface area (Å²) in [6.45, 7) is 9.19. The van der Waals surface area contributed by atoms with E-state index >= 15 is 0 Å². The summed E-state index contributed by atoms with van der Waals surface area (Å²) in [5.41, 5.74) is 4.48. The van der Waals surface area contributed by atoms with E-state index in [0.29, 0.717) is 11.5 Å². The summed E-state index contributed by atoms with van der Waals surface area (Å²) in [6, 6.07) is 7.69. The number of aromatic nitrogens is 3. The van der Waals surface area contributed by atoms with E-state index in [-0.39, 0.29) is 11.9 Å². The average molecular weight is 448 g/mol. The van der Waals surface area contributed by atoms with Gasteiger partial charge in [0.15, 0.2) is 5.65 Å². The lowest BCUT2D eigenvalue weighted by Gasteiger charge is -2.35. The smallest absolute Gasteiger partial charge is 0.254 e. The summed E-state index contributed by atoms with van der Waals surface area (Å²) in [7, 11) is 1.64. The van der Waals surface area contributed by atoms with Gasteiger partial charge in [-0.1, -0.05) is 13.0 Å². The van der Waals surface area contributed by atoms with Crippen molar-refractivity contribution < 1.29 is 9.53 Å². The van der Waals surface area contributed by atoms with Crippen molar-refractivity contribution in [3.05, 3.63) is 52.8 Å². The molecule has 0 saturated carbocycles. The molecule has 7 heteroatoms. The number of ether oxygens (including phenoxy) is 1. The van der Waals surface area contributed by atoms with Crippen LogP contribution in [0.2, 0.25) is 0 Å². The van der Waals surface area contributed by atoms with Crippen molar-refractivity contribution in [1.82, 2.24) is 19.5 Å². The number of carbonyl (C=O) groups excluding carboxylic acids is 1. The van der Waals surface area contributed by atoms with Crippen LogP contribution < -0.4 is 9.64 Å². The van der Waals surface area contributed by atoms with Gasteiger partial charge in [0.25, 0.3) is 5.91 Å². The Morgan fingerprint density at radius 3 is 2.76 bits per heavy atom. The first kappa shape index (κ1) is 21.7. The third-order valence-electron chi connectivity index (χ3n) is 7.19. The van der Waals surface area contributed by atoms with Crippen LogP contribution in [0.3, 0.4) is 0 Å². The molecule has 3 aromatic rings. The molecule has 2 fully saturated rings. The number of fused-ring (bicyclic) bond motifs is 1. The number of aryl methyl sites for hydroxylation is 1. The molecule has 0 aliphatic carbocycles. The molecule has 2 aliphatic rings. The van der Waals surface area contributed by atoms with Crippen LogP contribution in [0.4, 0.5) is 5.82 Å². The number of rotatable bonds is 4. The lowest BCUT2D eigenvalue weighted by molar-refractivity contribution is 0.0604. The Balaban J connectivity index is 1.48. The van der Waals surface area contributed by atoms with Crippen LogP contribution in [0, 0.1) is 19.8 Å². The Bertz CT molecular complexity index is 1190. The van der Waals surface area contributed by atoms with Gasteiger partial charge in [-0.05, 0) is 57.6 Å². The van der Waals surface area contributed by atoms with E-state index in [1.807, 2.05) is 34.5 Å². The van der Waals surface area contributed by atoms with Gasteiger partial charge < -0.3 is 14.5 Å². The molecule has 0 radical (unpaired) electrons. The number of carbonyl (C=O) groups is 1. The summed E-state index contributed by atoms with van der Waals surface area (Å²) in [5.74, 6) is 2.54. The van der Waals surface area contributed by atoms with Gasteiger partial charge in [-0.2, -0.15) is 5.10 Å². The van der Waals surface area contributed by atoms with Crippen molar-refractivity contribution in [2.75, 3.05) is 31.6 Å². The molecule has 5 rings (SSSR count). The SMILES string of the molecule is COc1cccc(C(=O)N2CCCC[C@H]2c2cc3nc(N4CC[C@H](C)C4)c(C)cn3n2)c1C. The number of nitrogens with zero attached hydrogens (tertiary/aromatic N) is 5. The van der Waals surface area contributed by atoms with Gasteiger partial charge >= 0.3 is 0 Å². The molecule has 2 aliphatic heterocycles. The number of hydrogen-bond acceptors (Lipinski definition) is 5. The van der Waals surface area contributed by atoms with Crippen LogP contribution in [0.25, 0.3) is 5.65 Å². The third-order valence-corrected chi connectivity index (χ3v) is 7.19. The Hall–Kier alpha value is -3.09. The number of hydrogen-bond donors (Lipinski definition) is 0. The van der Waals surface area contributed by atoms with Gasteiger partial charge in [-0.25, -0.2) is 9.50 Å². The first-order chi connectivity index (χ1) is 16.0. The number of likely N-dealkylation sites (tertiary alicyclic amines) is 1. The average Bonchev–Trinajstić information content (AvgIpc) is 3.44. The molecular weight excluding hydrogens is 414 g/mol. The Kier molecular flexibility index (Phi) is 5.72. The largest absolute Gasteiger partial charge is 0.496 e. The zero-order valence-electron chi connectivity index (χ0n) is 20.0. The Morgan fingerprint density at radius 2 is 2.00 bits per heavy atom. The number of anilines is 1. The van der Waals surface area contributed by atoms with Crippen LogP contribution in [-0.2, 0) is 0 Å². The number of amides is 1. The lowest BCUT2D eigenvalue weighted by Crippen LogP contribution is -2.39. The predicted molar refractivity (Wildman–Crippen MR) is 129 cm³/mol. The van der Waals surface area contributed by atoms with Crippen LogP contribution in [-0.4, -0.2) is 52.1 Å². The molecule has 4 heterocycles. The molecule has 33 heavy (non-hydrogen) atoms. The van der Waals surface area contributed by atoms with Crippen LogP contribution >= 0.6 is 0 Å². The fourth-order valence-corrected chi connectivity index (χ4v) is 5.33. The highest BCUT2D eigenvalue weighted by molar-refractivity contribution is 5.96. The fourth-order valence-electron chi connectivity index (χ4n) is 5.33. The highest BCUT2D eigenvalue weighted by Crippen LogP contribution is 2.34. The molecule has 2 saturated heterocycles. The molecule has 1 aromatic carbocycles. The maximum Gasteiger partial charge on any atom is 0.254 e. The van der Waals surface area contributed by atoms with Crippen LogP contribution in [0.1, 0.15) is 65.8 Å². The fraction of sp³-hybridized carbons (Fsp3) is 0.500. The second-order valence-electron chi connectivity index (χ2n) is 9.60. The molecule has 1 amide bonds. The maximum atomic E-state index is 13.6. The highest BCUT2D eigenvalue weighted by atomic mass is 16.5. The summed E-state index contributed by atoms with van der Waals surface area (Å²) in [6.07, 6.45) is 6.29. The quantitative estimate of drug-likeness (QED) is 0.586. The van der Waals surface area contributed by atoms with Gasteiger partial charge in [-0.15, -0.1) is 0 Å². The normalized spacial score (nSPS) is 21.1. The van der Waals surface area contributed by atoms with Gasteiger partial charge in [0.05, 0.1) is 18.8 Å². The van der Waals surface area contributed by atoms with Gasteiger partial charge in [0.2, 0.25) is 0 Å². The van der Waals surface area contributed by atoms with E-state index in [1.54, 1.807) is 7.11 Å². The first-order valence-electron chi connectivity index (χ1n) is 12.0. The van der Waals surface area contributed by atoms with Gasteiger partial charge in [-0.3, -0.25) is 4.79 Å². The predicted octanol–water partition coefficient (Wildman–Crippen LogP) is 4.57. The van der Waals surface area contributed by atoms with E-state index in [2.05, 4.69) is 31.0 Å². The van der Waals surface area contributed by atoms with Crippen molar-refractivity contribution in [2.45, 2.75) is 52.5 Å². The molecule has 0 bridgehead atoms. The summed E-state index contributed by atoms with van der Waals surface area (Å²) >= 11 is 0. The molecule has 174 valence electrons. The van der Waals surface area contributed by atoms with Crippen molar-refractivity contribution in [3.63, 3.8) is 0 Å². The second kappa shape index (κ2) is 8.69. The Labute approximate surface area is 195 Å². The number of methoxy groups -OCH3 is 1. The molecule has 2 aromatic heterocycles. The molecule has 0 N–H and O–H groups in total. The summed E-state index contributed by atoms with van der Waals surface area (Å²) in [5, 5.41) is 4.88. The monoisotopic (exact) mass is 447 g/mol. The molecule has 2 atom stereocenters. The van der Waals surface area contributed by atoms with E-state index in [9.17, 15) is 4.79 Å². The lowest BCUT2D eigenvalue weighted by atomic mass is 9.97. The van der Waals surface area contributed by atoms with E-state index in [1.165, 1.54) is 6.42 Å². The third kappa shape index (κ3) is 3.94. The van der Waals surface area contributed by atoms with Crippen LogP contribution in [0.5, 0.6) is 5.75 Å². The van der Waals surface area contributed by atoms with E-state index in [4.69, 9.17) is 14.8 Å².